The van der Waals surface area contributed by atoms with E-state index in [9.17, 15) is 9.59 Å². The van der Waals surface area contributed by atoms with Crippen LogP contribution in [0.4, 0.5) is 0 Å². The summed E-state index contributed by atoms with van der Waals surface area (Å²) in [5.41, 5.74) is 1.80. The zero-order chi connectivity index (χ0) is 18.1. The van der Waals surface area contributed by atoms with Crippen LogP contribution in [0, 0.1) is 0 Å². The second-order valence-corrected chi connectivity index (χ2v) is 7.05. The predicted molar refractivity (Wildman–Crippen MR) is 94.3 cm³/mol. The fourth-order valence-electron chi connectivity index (χ4n) is 2.97. The Morgan fingerprint density at radius 2 is 2.08 bits per heavy atom. The first-order valence-corrected chi connectivity index (χ1v) is 9.00. The Bertz CT molecular complexity index is 758. The van der Waals surface area contributed by atoms with E-state index in [-0.39, 0.29) is 25.2 Å². The molecule has 0 unspecified atom stereocenters. The molecule has 1 N–H and O–H groups in total. The molecule has 0 saturated heterocycles. The van der Waals surface area contributed by atoms with Crippen molar-refractivity contribution in [1.29, 1.82) is 0 Å². The van der Waals surface area contributed by atoms with Gasteiger partial charge in [-0.05, 0) is 38.0 Å². The Labute approximate surface area is 154 Å². The van der Waals surface area contributed by atoms with Gasteiger partial charge in [0.05, 0.1) is 11.7 Å². The molecule has 2 aliphatic rings. The normalized spacial score (nSPS) is 20.3. The van der Waals surface area contributed by atoms with Gasteiger partial charge in [0.2, 0.25) is 12.7 Å². The molecule has 1 aromatic rings. The Kier molecular flexibility index (Phi) is 5.03. The minimum Gasteiger partial charge on any atom is -0.459 e. The topological polar surface area (TPSA) is 73.9 Å². The van der Waals surface area contributed by atoms with Gasteiger partial charge in [0.25, 0.3) is 0 Å². The Morgan fingerprint density at radius 3 is 2.76 bits per heavy atom. The summed E-state index contributed by atoms with van der Waals surface area (Å²) in [6.45, 7) is 5.68. The lowest BCUT2D eigenvalue weighted by Gasteiger charge is -2.28. The molecule has 0 aliphatic carbocycles. The van der Waals surface area contributed by atoms with Crippen LogP contribution < -0.4 is 14.8 Å². The SMILES string of the molecule is CC[C@H](C)OC(=O)C1=C(C)NC(=O)C[C@@H]1c1cc2c(cc1Br)OCO2. The molecule has 0 saturated carbocycles. The van der Waals surface area contributed by atoms with Gasteiger partial charge in [0.1, 0.15) is 0 Å². The van der Waals surface area contributed by atoms with Crippen LogP contribution in [-0.4, -0.2) is 24.8 Å². The minimum atomic E-state index is -0.408. The van der Waals surface area contributed by atoms with Crippen molar-refractivity contribution in [2.75, 3.05) is 6.79 Å². The second-order valence-electron chi connectivity index (χ2n) is 6.19. The van der Waals surface area contributed by atoms with Crippen LogP contribution in [0.3, 0.4) is 0 Å². The van der Waals surface area contributed by atoms with Crippen LogP contribution in [0.25, 0.3) is 0 Å². The standard InChI is InChI=1S/C18H20BrNO5/c1-4-9(2)25-18(22)17-10(3)20-16(21)6-12(17)11-5-14-15(7-13(11)19)24-8-23-14/h5,7,9,12H,4,6,8H2,1-3H3,(H,20,21)/t9-,12+/m0/s1. The summed E-state index contributed by atoms with van der Waals surface area (Å²) in [6.07, 6.45) is 0.704. The van der Waals surface area contributed by atoms with Crippen LogP contribution in [0.1, 0.15) is 45.1 Å². The lowest BCUT2D eigenvalue weighted by Crippen LogP contribution is -2.35. The van der Waals surface area contributed by atoms with E-state index in [0.29, 0.717) is 22.8 Å². The van der Waals surface area contributed by atoms with Crippen LogP contribution in [0.5, 0.6) is 11.5 Å². The van der Waals surface area contributed by atoms with E-state index in [1.807, 2.05) is 19.9 Å². The van der Waals surface area contributed by atoms with Crippen molar-refractivity contribution in [3.05, 3.63) is 33.4 Å². The van der Waals surface area contributed by atoms with E-state index in [4.69, 9.17) is 14.2 Å². The fourth-order valence-corrected chi connectivity index (χ4v) is 3.57. The van der Waals surface area contributed by atoms with Gasteiger partial charge in [-0.3, -0.25) is 4.79 Å². The highest BCUT2D eigenvalue weighted by Crippen LogP contribution is 2.43. The molecule has 0 fully saturated rings. The van der Waals surface area contributed by atoms with E-state index in [0.717, 1.165) is 16.5 Å². The number of allylic oxidation sites excluding steroid dienone is 1. The quantitative estimate of drug-likeness (QED) is 0.771. The van der Waals surface area contributed by atoms with Crippen LogP contribution >= 0.6 is 15.9 Å². The first kappa shape index (κ1) is 17.8. The highest BCUT2D eigenvalue weighted by molar-refractivity contribution is 9.10. The monoisotopic (exact) mass is 409 g/mol. The number of hydrogen-bond donors (Lipinski definition) is 1. The van der Waals surface area contributed by atoms with Gasteiger partial charge in [0, 0.05) is 22.5 Å². The number of carbonyl (C=O) groups excluding carboxylic acids is 2. The molecule has 0 bridgehead atoms. The minimum absolute atomic E-state index is 0.132. The number of fused-ring (bicyclic) bond motifs is 1. The molecule has 2 heterocycles. The maximum Gasteiger partial charge on any atom is 0.336 e. The molecule has 6 nitrogen and oxygen atoms in total. The predicted octanol–water partition coefficient (Wildman–Crippen LogP) is 3.40. The third-order valence-corrected chi connectivity index (χ3v) is 5.13. The number of carbonyl (C=O) groups is 2. The van der Waals surface area contributed by atoms with E-state index >= 15 is 0 Å². The number of hydrogen-bond acceptors (Lipinski definition) is 5. The first-order chi connectivity index (χ1) is 11.9. The van der Waals surface area contributed by atoms with Crippen molar-refractivity contribution in [3.63, 3.8) is 0 Å². The molecular formula is C18H20BrNO5. The van der Waals surface area contributed by atoms with E-state index in [1.165, 1.54) is 0 Å². The molecule has 0 radical (unpaired) electrons. The van der Waals surface area contributed by atoms with Crippen molar-refractivity contribution in [2.24, 2.45) is 0 Å². The van der Waals surface area contributed by atoms with E-state index in [2.05, 4.69) is 21.2 Å². The number of halogens is 1. The van der Waals surface area contributed by atoms with Gasteiger partial charge in [-0.2, -0.15) is 0 Å². The number of ether oxygens (including phenoxy) is 3. The molecule has 0 spiro atoms. The number of esters is 1. The van der Waals surface area contributed by atoms with Crippen molar-refractivity contribution in [2.45, 2.75) is 45.6 Å². The summed E-state index contributed by atoms with van der Waals surface area (Å²) in [5, 5.41) is 2.74. The molecule has 134 valence electrons. The van der Waals surface area contributed by atoms with Crippen LogP contribution in [0.2, 0.25) is 0 Å². The molecule has 1 aromatic carbocycles. The second kappa shape index (κ2) is 7.07. The van der Waals surface area contributed by atoms with Gasteiger partial charge in [-0.15, -0.1) is 0 Å². The summed E-state index contributed by atoms with van der Waals surface area (Å²) >= 11 is 3.52. The summed E-state index contributed by atoms with van der Waals surface area (Å²) in [4.78, 5) is 24.8. The molecular weight excluding hydrogens is 390 g/mol. The third-order valence-electron chi connectivity index (χ3n) is 4.44. The van der Waals surface area contributed by atoms with Gasteiger partial charge in [-0.1, -0.05) is 22.9 Å². The van der Waals surface area contributed by atoms with Crippen molar-refractivity contribution in [1.82, 2.24) is 5.32 Å². The van der Waals surface area contributed by atoms with Gasteiger partial charge in [-0.25, -0.2) is 4.79 Å². The van der Waals surface area contributed by atoms with Crippen LogP contribution in [-0.2, 0) is 14.3 Å². The number of nitrogens with one attached hydrogen (secondary N) is 1. The summed E-state index contributed by atoms with van der Waals surface area (Å²) < 4.78 is 17.1. The zero-order valence-electron chi connectivity index (χ0n) is 14.3. The smallest absolute Gasteiger partial charge is 0.336 e. The molecule has 2 atom stereocenters. The van der Waals surface area contributed by atoms with Crippen molar-refractivity contribution >= 4 is 27.8 Å². The summed E-state index contributed by atoms with van der Waals surface area (Å²) in [5.74, 6) is 0.305. The first-order valence-electron chi connectivity index (χ1n) is 8.21. The van der Waals surface area contributed by atoms with Crippen LogP contribution in [0.15, 0.2) is 27.9 Å². The zero-order valence-corrected chi connectivity index (χ0v) is 15.9. The fraction of sp³-hybridized carbons (Fsp3) is 0.444. The Hall–Kier alpha value is -2.02. The summed E-state index contributed by atoms with van der Waals surface area (Å²) in [6, 6.07) is 3.62. The molecule has 25 heavy (non-hydrogen) atoms. The highest BCUT2D eigenvalue weighted by Gasteiger charge is 2.35. The van der Waals surface area contributed by atoms with Gasteiger partial charge in [0.15, 0.2) is 11.5 Å². The number of amides is 1. The largest absolute Gasteiger partial charge is 0.459 e. The molecule has 2 aliphatic heterocycles. The van der Waals surface area contributed by atoms with E-state index in [1.54, 1.807) is 13.0 Å². The maximum atomic E-state index is 12.7. The maximum absolute atomic E-state index is 12.7. The molecule has 1 amide bonds. The van der Waals surface area contributed by atoms with Gasteiger partial charge < -0.3 is 19.5 Å². The molecule has 3 rings (SSSR count). The average molecular weight is 410 g/mol. The molecule has 7 heteroatoms. The van der Waals surface area contributed by atoms with Crippen molar-refractivity contribution < 1.29 is 23.8 Å². The van der Waals surface area contributed by atoms with E-state index < -0.39 is 11.9 Å². The Balaban J connectivity index is 2.02. The lowest BCUT2D eigenvalue weighted by molar-refractivity contribution is -0.144. The van der Waals surface area contributed by atoms with Gasteiger partial charge >= 0.3 is 5.97 Å². The number of benzene rings is 1. The highest BCUT2D eigenvalue weighted by atomic mass is 79.9. The number of rotatable bonds is 4. The lowest BCUT2D eigenvalue weighted by atomic mass is 9.84. The third kappa shape index (κ3) is 3.51. The summed E-state index contributed by atoms with van der Waals surface area (Å²) in [7, 11) is 0. The molecule has 0 aromatic heterocycles. The van der Waals surface area contributed by atoms with Crippen molar-refractivity contribution in [3.8, 4) is 11.5 Å². The Morgan fingerprint density at radius 1 is 1.40 bits per heavy atom. The average Bonchev–Trinajstić information content (AvgIpc) is 2.99.